The van der Waals surface area contributed by atoms with Crippen LogP contribution in [0.3, 0.4) is 0 Å². The first-order valence-corrected chi connectivity index (χ1v) is 7.19. The predicted molar refractivity (Wildman–Crippen MR) is 78.3 cm³/mol. The minimum atomic E-state index is -0.0936. The number of benzene rings is 1. The molecule has 20 heavy (non-hydrogen) atoms. The Kier molecular flexibility index (Phi) is 3.58. The second-order valence-corrected chi connectivity index (χ2v) is 5.38. The van der Waals surface area contributed by atoms with Gasteiger partial charge in [-0.15, -0.1) is 0 Å². The number of para-hydroxylation sites is 2. The van der Waals surface area contributed by atoms with E-state index in [0.717, 1.165) is 29.7 Å². The van der Waals surface area contributed by atoms with Gasteiger partial charge in [-0.05, 0) is 25.0 Å². The summed E-state index contributed by atoms with van der Waals surface area (Å²) < 4.78 is 2.02. The first-order chi connectivity index (χ1) is 9.74. The van der Waals surface area contributed by atoms with E-state index in [9.17, 15) is 4.79 Å². The number of urea groups is 1. The fourth-order valence-corrected chi connectivity index (χ4v) is 2.82. The summed E-state index contributed by atoms with van der Waals surface area (Å²) in [6.07, 6.45) is 4.63. The first-order valence-electron chi connectivity index (χ1n) is 7.19. The van der Waals surface area contributed by atoms with Crippen molar-refractivity contribution < 1.29 is 4.79 Å². The molecular formula is C15H20N4O. The van der Waals surface area contributed by atoms with Crippen molar-refractivity contribution in [2.75, 3.05) is 0 Å². The lowest BCUT2D eigenvalue weighted by atomic mass is 10.2. The monoisotopic (exact) mass is 272 g/mol. The molecule has 106 valence electrons. The van der Waals surface area contributed by atoms with Crippen molar-refractivity contribution in [1.29, 1.82) is 0 Å². The van der Waals surface area contributed by atoms with Crippen molar-refractivity contribution in [1.82, 2.24) is 20.2 Å². The van der Waals surface area contributed by atoms with Crippen LogP contribution in [-0.2, 0) is 13.6 Å². The zero-order valence-electron chi connectivity index (χ0n) is 11.7. The summed E-state index contributed by atoms with van der Waals surface area (Å²) in [5.41, 5.74) is 2.04. The number of nitrogens with zero attached hydrogens (tertiary/aromatic N) is 2. The Morgan fingerprint density at radius 2 is 2.10 bits per heavy atom. The van der Waals surface area contributed by atoms with Crippen molar-refractivity contribution in [2.45, 2.75) is 38.3 Å². The Bertz CT molecular complexity index is 613. The van der Waals surface area contributed by atoms with Crippen LogP contribution in [0.5, 0.6) is 0 Å². The Hall–Kier alpha value is -2.04. The molecular weight excluding hydrogens is 252 g/mol. The van der Waals surface area contributed by atoms with Crippen LogP contribution in [0.4, 0.5) is 4.79 Å². The fourth-order valence-electron chi connectivity index (χ4n) is 2.82. The van der Waals surface area contributed by atoms with Crippen LogP contribution in [0.1, 0.15) is 31.5 Å². The van der Waals surface area contributed by atoms with E-state index in [4.69, 9.17) is 0 Å². The number of carbonyl (C=O) groups is 1. The highest BCUT2D eigenvalue weighted by Crippen LogP contribution is 2.17. The molecule has 1 aromatic carbocycles. The molecule has 1 saturated carbocycles. The molecule has 1 fully saturated rings. The topological polar surface area (TPSA) is 59.0 Å². The maximum atomic E-state index is 11.8. The second kappa shape index (κ2) is 5.53. The van der Waals surface area contributed by atoms with Crippen LogP contribution >= 0.6 is 0 Å². The highest BCUT2D eigenvalue weighted by molar-refractivity contribution is 5.76. The van der Waals surface area contributed by atoms with Crippen LogP contribution < -0.4 is 10.6 Å². The molecule has 1 aliphatic rings. The van der Waals surface area contributed by atoms with Gasteiger partial charge in [0.25, 0.3) is 0 Å². The molecule has 0 bridgehead atoms. The predicted octanol–water partition coefficient (Wildman–Crippen LogP) is 2.32. The van der Waals surface area contributed by atoms with E-state index in [0.29, 0.717) is 12.6 Å². The summed E-state index contributed by atoms with van der Waals surface area (Å²) in [5, 5.41) is 5.91. The minimum Gasteiger partial charge on any atom is -0.335 e. The van der Waals surface area contributed by atoms with Gasteiger partial charge in [0.1, 0.15) is 5.82 Å². The smallest absolute Gasteiger partial charge is 0.315 e. The van der Waals surface area contributed by atoms with Crippen LogP contribution in [0.25, 0.3) is 11.0 Å². The number of aryl methyl sites for hydroxylation is 1. The number of hydrogen-bond acceptors (Lipinski definition) is 2. The van der Waals surface area contributed by atoms with Crippen molar-refractivity contribution in [3.8, 4) is 0 Å². The lowest BCUT2D eigenvalue weighted by Crippen LogP contribution is -2.40. The van der Waals surface area contributed by atoms with E-state index in [1.165, 1.54) is 12.8 Å². The van der Waals surface area contributed by atoms with Gasteiger partial charge >= 0.3 is 6.03 Å². The molecule has 2 aromatic rings. The van der Waals surface area contributed by atoms with Crippen LogP contribution in [-0.4, -0.2) is 21.6 Å². The zero-order valence-corrected chi connectivity index (χ0v) is 11.7. The molecule has 0 saturated heterocycles. The second-order valence-electron chi connectivity index (χ2n) is 5.38. The summed E-state index contributed by atoms with van der Waals surface area (Å²) in [4.78, 5) is 16.4. The number of rotatable bonds is 3. The maximum Gasteiger partial charge on any atom is 0.315 e. The first kappa shape index (κ1) is 13.0. The van der Waals surface area contributed by atoms with Crippen LogP contribution in [0.15, 0.2) is 24.3 Å². The summed E-state index contributed by atoms with van der Waals surface area (Å²) in [6.45, 7) is 0.448. The Morgan fingerprint density at radius 3 is 2.85 bits per heavy atom. The van der Waals surface area contributed by atoms with E-state index < -0.39 is 0 Å². The molecule has 1 heterocycles. The van der Waals surface area contributed by atoms with E-state index >= 15 is 0 Å². The molecule has 5 heteroatoms. The van der Waals surface area contributed by atoms with Gasteiger partial charge in [0, 0.05) is 13.1 Å². The lowest BCUT2D eigenvalue weighted by Gasteiger charge is -2.12. The fraction of sp³-hybridized carbons (Fsp3) is 0.467. The number of imidazole rings is 1. The average molecular weight is 272 g/mol. The molecule has 0 atom stereocenters. The lowest BCUT2D eigenvalue weighted by molar-refractivity contribution is 0.236. The molecule has 2 amide bonds. The van der Waals surface area contributed by atoms with Gasteiger partial charge in [-0.2, -0.15) is 0 Å². The molecule has 3 rings (SSSR count). The van der Waals surface area contributed by atoms with Crippen molar-refractivity contribution in [3.63, 3.8) is 0 Å². The number of fused-ring (bicyclic) bond motifs is 1. The van der Waals surface area contributed by atoms with Crippen LogP contribution in [0, 0.1) is 0 Å². The molecule has 0 spiro atoms. The van der Waals surface area contributed by atoms with Gasteiger partial charge < -0.3 is 15.2 Å². The van der Waals surface area contributed by atoms with Crippen molar-refractivity contribution in [3.05, 3.63) is 30.1 Å². The average Bonchev–Trinajstić information content (AvgIpc) is 3.06. The van der Waals surface area contributed by atoms with Crippen molar-refractivity contribution in [2.24, 2.45) is 7.05 Å². The highest BCUT2D eigenvalue weighted by Gasteiger charge is 2.17. The Balaban J connectivity index is 1.61. The normalized spacial score (nSPS) is 15.7. The Labute approximate surface area is 118 Å². The zero-order chi connectivity index (χ0) is 13.9. The largest absolute Gasteiger partial charge is 0.335 e. The third-order valence-electron chi connectivity index (χ3n) is 3.98. The van der Waals surface area contributed by atoms with Gasteiger partial charge in [0.2, 0.25) is 0 Å². The number of aromatic nitrogens is 2. The number of carbonyl (C=O) groups excluding carboxylic acids is 1. The van der Waals surface area contributed by atoms with E-state index in [1.807, 2.05) is 35.9 Å². The van der Waals surface area contributed by atoms with Gasteiger partial charge in [-0.25, -0.2) is 9.78 Å². The molecule has 2 N–H and O–H groups in total. The summed E-state index contributed by atoms with van der Waals surface area (Å²) in [5.74, 6) is 0.868. The number of amides is 2. The number of hydrogen-bond donors (Lipinski definition) is 2. The van der Waals surface area contributed by atoms with E-state index in [2.05, 4.69) is 15.6 Å². The summed E-state index contributed by atoms with van der Waals surface area (Å²) >= 11 is 0. The van der Waals surface area contributed by atoms with Gasteiger partial charge in [-0.1, -0.05) is 25.0 Å². The summed E-state index contributed by atoms with van der Waals surface area (Å²) in [6, 6.07) is 8.23. The third kappa shape index (κ3) is 2.61. The highest BCUT2D eigenvalue weighted by atomic mass is 16.2. The molecule has 1 aromatic heterocycles. The van der Waals surface area contributed by atoms with Crippen molar-refractivity contribution >= 4 is 17.1 Å². The van der Waals surface area contributed by atoms with Gasteiger partial charge in [0.05, 0.1) is 17.6 Å². The van der Waals surface area contributed by atoms with Gasteiger partial charge in [-0.3, -0.25) is 0 Å². The molecule has 0 unspecified atom stereocenters. The molecule has 0 radical (unpaired) electrons. The van der Waals surface area contributed by atoms with E-state index in [1.54, 1.807) is 0 Å². The van der Waals surface area contributed by atoms with E-state index in [-0.39, 0.29) is 6.03 Å². The molecule has 1 aliphatic carbocycles. The quantitative estimate of drug-likeness (QED) is 0.901. The molecule has 0 aliphatic heterocycles. The SMILES string of the molecule is Cn1c(CNC(=O)NC2CCCC2)nc2ccccc21. The third-order valence-corrected chi connectivity index (χ3v) is 3.98. The van der Waals surface area contributed by atoms with Gasteiger partial charge in [0.15, 0.2) is 0 Å². The standard InChI is InChI=1S/C15H20N4O/c1-19-13-9-5-4-8-12(13)18-14(19)10-16-15(20)17-11-6-2-3-7-11/h4-5,8-9,11H,2-3,6-7,10H2,1H3,(H2,16,17,20). The van der Waals surface area contributed by atoms with Crippen LogP contribution in [0.2, 0.25) is 0 Å². The maximum absolute atomic E-state index is 11.8. The minimum absolute atomic E-state index is 0.0936. The Morgan fingerprint density at radius 1 is 1.35 bits per heavy atom. The number of nitrogens with one attached hydrogen (secondary N) is 2. The molecule has 5 nitrogen and oxygen atoms in total. The summed E-state index contributed by atoms with van der Waals surface area (Å²) in [7, 11) is 1.97.